The van der Waals surface area contributed by atoms with Crippen molar-refractivity contribution in [1.82, 2.24) is 0 Å². The van der Waals surface area contributed by atoms with Gasteiger partial charge in [0.15, 0.2) is 0 Å². The van der Waals surface area contributed by atoms with E-state index >= 15 is 0 Å². The number of alkyl halides is 3. The number of benzene rings is 2. The SMILES string of the molecule is C#CCC1(SC)C(=O)Nc2ccc(Oc3ccc(C(F)(F)F)cc3Cl)cc21. The molecule has 1 aliphatic heterocycles. The van der Waals surface area contributed by atoms with Crippen LogP contribution in [0, 0.1) is 12.3 Å². The molecule has 3 nitrogen and oxygen atoms in total. The summed E-state index contributed by atoms with van der Waals surface area (Å²) in [5.41, 5.74) is 0.424. The topological polar surface area (TPSA) is 38.3 Å². The van der Waals surface area contributed by atoms with E-state index in [1.165, 1.54) is 11.8 Å². The normalized spacial score (nSPS) is 18.6. The Balaban J connectivity index is 1.95. The predicted molar refractivity (Wildman–Crippen MR) is 100 cm³/mol. The van der Waals surface area contributed by atoms with E-state index in [2.05, 4.69) is 11.2 Å². The first-order chi connectivity index (χ1) is 12.7. The minimum absolute atomic E-state index is 0.0774. The Morgan fingerprint density at radius 2 is 2.04 bits per heavy atom. The highest BCUT2D eigenvalue weighted by atomic mass is 35.5. The maximum Gasteiger partial charge on any atom is 0.416 e. The molecule has 1 unspecified atom stereocenters. The fraction of sp³-hybridized carbons (Fsp3) is 0.211. The molecular weight excluding hydrogens is 399 g/mol. The Kier molecular flexibility index (Phi) is 5.06. The second-order valence-electron chi connectivity index (χ2n) is 5.82. The summed E-state index contributed by atoms with van der Waals surface area (Å²) in [4.78, 5) is 12.4. The highest BCUT2D eigenvalue weighted by molar-refractivity contribution is 8.00. The van der Waals surface area contributed by atoms with Crippen LogP contribution in [0.5, 0.6) is 11.5 Å². The summed E-state index contributed by atoms with van der Waals surface area (Å²) in [5, 5.41) is 2.62. The van der Waals surface area contributed by atoms with Crippen LogP contribution in [0.1, 0.15) is 17.5 Å². The number of fused-ring (bicyclic) bond motifs is 1. The second kappa shape index (κ2) is 7.02. The van der Waals surface area contributed by atoms with Crippen LogP contribution in [0.4, 0.5) is 18.9 Å². The molecule has 3 rings (SSSR count). The lowest BCUT2D eigenvalue weighted by Gasteiger charge is -2.23. The minimum Gasteiger partial charge on any atom is -0.456 e. The molecule has 2 aromatic rings. The average molecular weight is 412 g/mol. The average Bonchev–Trinajstić information content (AvgIpc) is 2.88. The summed E-state index contributed by atoms with van der Waals surface area (Å²) >= 11 is 7.25. The largest absolute Gasteiger partial charge is 0.456 e. The summed E-state index contributed by atoms with van der Waals surface area (Å²) in [7, 11) is 0. The number of amides is 1. The van der Waals surface area contributed by atoms with E-state index in [4.69, 9.17) is 22.8 Å². The van der Waals surface area contributed by atoms with E-state index in [1.807, 2.05) is 0 Å². The van der Waals surface area contributed by atoms with Crippen molar-refractivity contribution >= 4 is 35.0 Å². The summed E-state index contributed by atoms with van der Waals surface area (Å²) < 4.78 is 43.0. The summed E-state index contributed by atoms with van der Waals surface area (Å²) in [6, 6.07) is 7.76. The van der Waals surface area contributed by atoms with Gasteiger partial charge in [0.05, 0.1) is 10.6 Å². The molecule has 0 aliphatic carbocycles. The lowest BCUT2D eigenvalue weighted by atomic mass is 9.96. The third-order valence-corrected chi connectivity index (χ3v) is 5.77. The van der Waals surface area contributed by atoms with Crippen LogP contribution in [0.25, 0.3) is 0 Å². The highest BCUT2D eigenvalue weighted by Crippen LogP contribution is 2.48. The lowest BCUT2D eigenvalue weighted by Crippen LogP contribution is -2.30. The van der Waals surface area contributed by atoms with Gasteiger partial charge < -0.3 is 10.1 Å². The molecule has 2 aromatic carbocycles. The third-order valence-electron chi connectivity index (χ3n) is 4.23. The Hall–Kier alpha value is -2.30. The number of anilines is 1. The van der Waals surface area contributed by atoms with Gasteiger partial charge in [-0.2, -0.15) is 13.2 Å². The summed E-state index contributed by atoms with van der Waals surface area (Å²) in [6.45, 7) is 0. The zero-order valence-electron chi connectivity index (χ0n) is 14.0. The van der Waals surface area contributed by atoms with E-state index in [-0.39, 0.29) is 23.1 Å². The molecule has 0 radical (unpaired) electrons. The zero-order chi connectivity index (χ0) is 19.8. The molecule has 1 aliphatic rings. The monoisotopic (exact) mass is 411 g/mol. The molecule has 0 spiro atoms. The maximum absolute atomic E-state index is 12.8. The van der Waals surface area contributed by atoms with Gasteiger partial charge in [-0.15, -0.1) is 24.1 Å². The first-order valence-corrected chi connectivity index (χ1v) is 9.31. The van der Waals surface area contributed by atoms with Gasteiger partial charge in [0.2, 0.25) is 5.91 Å². The van der Waals surface area contributed by atoms with Crippen molar-refractivity contribution in [3.8, 4) is 23.8 Å². The molecule has 0 aromatic heterocycles. The number of hydrogen-bond donors (Lipinski definition) is 1. The number of hydrogen-bond acceptors (Lipinski definition) is 3. The molecule has 0 bridgehead atoms. The Labute approximate surface area is 163 Å². The van der Waals surface area contributed by atoms with Crippen LogP contribution >= 0.6 is 23.4 Å². The van der Waals surface area contributed by atoms with Crippen molar-refractivity contribution < 1.29 is 22.7 Å². The van der Waals surface area contributed by atoms with E-state index in [0.29, 0.717) is 17.0 Å². The summed E-state index contributed by atoms with van der Waals surface area (Å²) in [6.07, 6.45) is 2.92. The van der Waals surface area contributed by atoms with Crippen LogP contribution < -0.4 is 10.1 Å². The van der Waals surface area contributed by atoms with Gasteiger partial charge in [-0.05, 0) is 42.7 Å². The highest BCUT2D eigenvalue weighted by Gasteiger charge is 2.46. The Bertz CT molecular complexity index is 955. The number of terminal acetylenes is 1. The number of thioether (sulfide) groups is 1. The summed E-state index contributed by atoms with van der Waals surface area (Å²) in [5.74, 6) is 2.72. The molecule has 0 saturated heterocycles. The quantitative estimate of drug-likeness (QED) is 0.657. The lowest BCUT2D eigenvalue weighted by molar-refractivity contribution is -0.137. The zero-order valence-corrected chi connectivity index (χ0v) is 15.6. The number of ether oxygens (including phenoxy) is 1. The maximum atomic E-state index is 12.8. The van der Waals surface area contributed by atoms with Crippen molar-refractivity contribution in [2.24, 2.45) is 0 Å². The van der Waals surface area contributed by atoms with Gasteiger partial charge in [-0.1, -0.05) is 11.6 Å². The molecular formula is C19H13ClF3NO2S. The van der Waals surface area contributed by atoms with E-state index < -0.39 is 16.5 Å². The van der Waals surface area contributed by atoms with Crippen LogP contribution in [-0.2, 0) is 15.7 Å². The van der Waals surface area contributed by atoms with Gasteiger partial charge in [-0.25, -0.2) is 0 Å². The molecule has 1 heterocycles. The fourth-order valence-corrected chi connectivity index (χ4v) is 3.93. The Morgan fingerprint density at radius 3 is 2.63 bits per heavy atom. The fourth-order valence-electron chi connectivity index (χ4n) is 2.86. The number of carbonyl (C=O) groups is 1. The van der Waals surface area contributed by atoms with Crippen LogP contribution in [0.15, 0.2) is 36.4 Å². The molecule has 1 amide bonds. The molecule has 140 valence electrons. The number of nitrogens with one attached hydrogen (secondary N) is 1. The van der Waals surface area contributed by atoms with Crippen molar-refractivity contribution in [2.45, 2.75) is 17.3 Å². The van der Waals surface area contributed by atoms with Gasteiger partial charge in [0.1, 0.15) is 16.2 Å². The van der Waals surface area contributed by atoms with Gasteiger partial charge in [-0.3, -0.25) is 4.79 Å². The van der Waals surface area contributed by atoms with E-state index in [0.717, 1.165) is 18.2 Å². The van der Waals surface area contributed by atoms with E-state index in [9.17, 15) is 18.0 Å². The standard InChI is InChI=1S/C19H13ClF3NO2S/c1-3-8-18(27-2)13-10-12(5-6-15(13)24-17(18)25)26-16-7-4-11(9-14(16)20)19(21,22)23/h1,4-7,9-10H,8H2,2H3,(H,24,25). The van der Waals surface area contributed by atoms with Crippen LogP contribution in [0.3, 0.4) is 0 Å². The Morgan fingerprint density at radius 1 is 1.30 bits per heavy atom. The number of carbonyl (C=O) groups excluding carboxylic acids is 1. The third kappa shape index (κ3) is 3.47. The van der Waals surface area contributed by atoms with Crippen LogP contribution in [-0.4, -0.2) is 12.2 Å². The van der Waals surface area contributed by atoms with Crippen molar-refractivity contribution in [3.63, 3.8) is 0 Å². The number of rotatable bonds is 4. The first-order valence-electron chi connectivity index (χ1n) is 7.70. The second-order valence-corrected chi connectivity index (χ2v) is 7.33. The molecule has 1 N–H and O–H groups in total. The smallest absolute Gasteiger partial charge is 0.416 e. The molecule has 27 heavy (non-hydrogen) atoms. The number of halogens is 4. The molecule has 8 heteroatoms. The minimum atomic E-state index is -4.49. The molecule has 1 atom stereocenters. The van der Waals surface area contributed by atoms with Crippen molar-refractivity contribution in [1.29, 1.82) is 0 Å². The van der Waals surface area contributed by atoms with E-state index in [1.54, 1.807) is 24.5 Å². The van der Waals surface area contributed by atoms with Crippen LogP contribution in [0.2, 0.25) is 5.02 Å². The van der Waals surface area contributed by atoms with Gasteiger partial charge in [0, 0.05) is 17.7 Å². The predicted octanol–water partition coefficient (Wildman–Crippen LogP) is 5.68. The van der Waals surface area contributed by atoms with Crippen molar-refractivity contribution in [2.75, 3.05) is 11.6 Å². The van der Waals surface area contributed by atoms with Gasteiger partial charge >= 0.3 is 6.18 Å². The van der Waals surface area contributed by atoms with Gasteiger partial charge in [0.25, 0.3) is 0 Å². The molecule has 0 saturated carbocycles. The first kappa shape index (κ1) is 19.5. The molecule has 0 fully saturated rings. The van der Waals surface area contributed by atoms with Crippen molar-refractivity contribution in [3.05, 3.63) is 52.5 Å².